The number of amides is 2. The molecule has 0 radical (unpaired) electrons. The predicted octanol–water partition coefficient (Wildman–Crippen LogP) is 2.95. The fraction of sp³-hybridized carbons (Fsp3) is 0.0526. The summed E-state index contributed by atoms with van der Waals surface area (Å²) in [6.45, 7) is 0. The van der Waals surface area contributed by atoms with E-state index in [0.717, 1.165) is 11.6 Å². The monoisotopic (exact) mass is 342 g/mol. The third-order valence-electron chi connectivity index (χ3n) is 2.88. The van der Waals surface area contributed by atoms with Crippen LogP contribution >= 0.6 is 0 Å². The van der Waals surface area contributed by atoms with Crippen LogP contribution in [0, 0.1) is 0 Å². The van der Waals surface area contributed by atoms with Gasteiger partial charge in [-0.2, -0.15) is 0 Å². The number of rotatable bonds is 4. The molecule has 0 heterocycles. The summed E-state index contributed by atoms with van der Waals surface area (Å²) in [6, 6.07) is 18.2. The summed E-state index contributed by atoms with van der Waals surface area (Å²) >= 11 is 0. The van der Waals surface area contributed by atoms with E-state index in [4.69, 9.17) is 5.21 Å². The molecule has 0 aromatic heterocycles. The van der Waals surface area contributed by atoms with Gasteiger partial charge in [-0.15, -0.1) is 0 Å². The Morgan fingerprint density at radius 3 is 1.96 bits per heavy atom. The van der Waals surface area contributed by atoms with Crippen molar-refractivity contribution in [2.45, 2.75) is 0 Å². The average Bonchev–Trinajstić information content (AvgIpc) is 2.67. The van der Waals surface area contributed by atoms with Crippen molar-refractivity contribution in [3.8, 4) is 0 Å². The van der Waals surface area contributed by atoms with Gasteiger partial charge in [0.05, 0.1) is 0 Å². The number of likely N-dealkylation sites (N-methyl/N-ethyl adjacent to an activating group) is 1. The quantitative estimate of drug-likeness (QED) is 0.454. The number of hydrogen-bond acceptors (Lipinski definition) is 3. The van der Waals surface area contributed by atoms with Crippen LogP contribution in [0.1, 0.15) is 11.1 Å². The van der Waals surface area contributed by atoms with Crippen molar-refractivity contribution in [2.75, 3.05) is 7.05 Å². The third kappa shape index (κ3) is 8.24. The summed E-state index contributed by atoms with van der Waals surface area (Å²) in [5.41, 5.74) is 2.79. The molecule has 5 nitrogen and oxygen atoms in total. The molecule has 0 unspecified atom stereocenters. The summed E-state index contributed by atoms with van der Waals surface area (Å²) in [6.07, 6.45) is 4.32. The van der Waals surface area contributed by atoms with Crippen molar-refractivity contribution in [3.05, 3.63) is 83.7 Å². The molecule has 0 bridgehead atoms. The summed E-state index contributed by atoms with van der Waals surface area (Å²) < 4.78 is 12.8. The van der Waals surface area contributed by atoms with Crippen molar-refractivity contribution in [2.24, 2.45) is 0 Å². The number of carbonyl (C=O) groups is 2. The highest BCUT2D eigenvalue weighted by Gasteiger charge is 2.05. The number of benzene rings is 2. The fourth-order valence-electron chi connectivity index (χ4n) is 1.63. The highest BCUT2D eigenvalue weighted by atomic mass is 19.1. The van der Waals surface area contributed by atoms with E-state index in [1.807, 2.05) is 30.3 Å². The van der Waals surface area contributed by atoms with E-state index in [0.29, 0.717) is 5.56 Å². The maximum absolute atomic E-state index is 12.8. The minimum absolute atomic E-state index is 0.0844. The molecule has 2 aromatic rings. The molecule has 6 heteroatoms. The molecule has 25 heavy (non-hydrogen) atoms. The minimum Gasteiger partial charge on any atom is -0.356 e. The lowest BCUT2D eigenvalue weighted by Crippen LogP contribution is -2.18. The van der Waals surface area contributed by atoms with Gasteiger partial charge < -0.3 is 5.32 Å². The lowest BCUT2D eigenvalue weighted by atomic mass is 10.2. The van der Waals surface area contributed by atoms with Crippen LogP contribution in [0.5, 0.6) is 0 Å². The second-order valence-corrected chi connectivity index (χ2v) is 4.70. The Morgan fingerprint density at radius 2 is 1.48 bits per heavy atom. The van der Waals surface area contributed by atoms with Gasteiger partial charge in [-0.25, -0.2) is 9.87 Å². The predicted molar refractivity (Wildman–Crippen MR) is 95.0 cm³/mol. The van der Waals surface area contributed by atoms with Crippen molar-refractivity contribution >= 4 is 24.0 Å². The van der Waals surface area contributed by atoms with Crippen molar-refractivity contribution in [1.82, 2.24) is 10.8 Å². The number of nitrogens with one attached hydrogen (secondary N) is 2. The molecule has 2 rings (SSSR count). The molecule has 2 aromatic carbocycles. The first kappa shape index (κ1) is 19.8. The fourth-order valence-corrected chi connectivity index (χ4v) is 1.63. The lowest BCUT2D eigenvalue weighted by molar-refractivity contribution is -0.126. The van der Waals surface area contributed by atoms with Crippen LogP contribution in [-0.4, -0.2) is 24.1 Å². The minimum atomic E-state index is -1.15. The Hall–Kier alpha value is -3.25. The molecule has 0 saturated carbocycles. The van der Waals surface area contributed by atoms with Gasteiger partial charge in [0.2, 0.25) is 5.91 Å². The van der Waals surface area contributed by atoms with Gasteiger partial charge in [-0.1, -0.05) is 60.7 Å². The highest BCUT2D eigenvalue weighted by Crippen LogP contribution is 2.07. The Balaban J connectivity index is 0.000000251. The molecule has 3 N–H and O–H groups in total. The topological polar surface area (TPSA) is 78.4 Å². The molecule has 0 fully saturated rings. The van der Waals surface area contributed by atoms with E-state index < -0.39 is 11.7 Å². The van der Waals surface area contributed by atoms with Crippen LogP contribution in [0.15, 0.2) is 72.6 Å². The number of hydroxylamine groups is 1. The average molecular weight is 342 g/mol. The molecule has 0 spiro atoms. The molecule has 0 saturated heterocycles. The van der Waals surface area contributed by atoms with Crippen molar-refractivity contribution < 1.29 is 19.2 Å². The molecule has 0 aliphatic heterocycles. The summed E-state index contributed by atoms with van der Waals surface area (Å²) in [7, 11) is 1.61. The van der Waals surface area contributed by atoms with E-state index in [1.165, 1.54) is 11.6 Å². The number of carbonyl (C=O) groups excluding carboxylic acids is 2. The Labute approximate surface area is 145 Å². The van der Waals surface area contributed by atoms with Gasteiger partial charge in [-0.3, -0.25) is 14.8 Å². The molecule has 0 atom stereocenters. The maximum Gasteiger partial charge on any atom is 0.303 e. The summed E-state index contributed by atoms with van der Waals surface area (Å²) in [5.74, 6) is -2.27. The first-order valence-corrected chi connectivity index (χ1v) is 7.38. The van der Waals surface area contributed by atoms with Crippen LogP contribution in [0.25, 0.3) is 12.2 Å². The maximum atomic E-state index is 12.8. The van der Waals surface area contributed by atoms with Crippen LogP contribution in [-0.2, 0) is 9.59 Å². The van der Waals surface area contributed by atoms with Gasteiger partial charge in [-0.05, 0) is 23.3 Å². The third-order valence-corrected chi connectivity index (χ3v) is 2.88. The SMILES string of the molecule is CNC(=O)/C=C/c1ccccc1.O=C(NO)/C(F)=C/c1ccccc1. The number of halogens is 1. The van der Waals surface area contributed by atoms with Gasteiger partial charge in [0.15, 0.2) is 5.83 Å². The highest BCUT2D eigenvalue weighted by molar-refractivity contribution is 5.94. The van der Waals surface area contributed by atoms with Gasteiger partial charge in [0.1, 0.15) is 0 Å². The van der Waals surface area contributed by atoms with E-state index in [9.17, 15) is 14.0 Å². The van der Waals surface area contributed by atoms with Gasteiger partial charge in [0, 0.05) is 13.1 Å². The molecule has 130 valence electrons. The molecule has 0 aliphatic carbocycles. The smallest absolute Gasteiger partial charge is 0.303 e. The molecule has 0 aliphatic rings. The summed E-state index contributed by atoms with van der Waals surface area (Å²) in [5, 5.41) is 10.6. The van der Waals surface area contributed by atoms with Gasteiger partial charge >= 0.3 is 5.91 Å². The Morgan fingerprint density at radius 1 is 0.960 bits per heavy atom. The van der Waals surface area contributed by atoms with Gasteiger partial charge in [0.25, 0.3) is 0 Å². The first-order chi connectivity index (χ1) is 12.1. The largest absolute Gasteiger partial charge is 0.356 e. The molecule has 2 amide bonds. The zero-order valence-electron chi connectivity index (χ0n) is 13.6. The molecular formula is C19H19FN2O3. The zero-order valence-corrected chi connectivity index (χ0v) is 13.6. The van der Waals surface area contributed by atoms with E-state index in [-0.39, 0.29) is 5.91 Å². The van der Waals surface area contributed by atoms with Crippen LogP contribution < -0.4 is 10.8 Å². The van der Waals surface area contributed by atoms with E-state index in [1.54, 1.807) is 43.5 Å². The van der Waals surface area contributed by atoms with Crippen molar-refractivity contribution in [1.29, 1.82) is 0 Å². The Bertz CT molecular complexity index is 729. The van der Waals surface area contributed by atoms with E-state index >= 15 is 0 Å². The van der Waals surface area contributed by atoms with Crippen LogP contribution in [0.3, 0.4) is 0 Å². The first-order valence-electron chi connectivity index (χ1n) is 7.38. The second kappa shape index (κ2) is 11.3. The molecular weight excluding hydrogens is 323 g/mol. The van der Waals surface area contributed by atoms with Crippen LogP contribution in [0.4, 0.5) is 4.39 Å². The zero-order chi connectivity index (χ0) is 18.5. The van der Waals surface area contributed by atoms with Crippen molar-refractivity contribution in [3.63, 3.8) is 0 Å². The normalized spacial score (nSPS) is 10.6. The second-order valence-electron chi connectivity index (χ2n) is 4.70. The lowest BCUT2D eigenvalue weighted by Gasteiger charge is -1.94. The summed E-state index contributed by atoms with van der Waals surface area (Å²) in [4.78, 5) is 21.3. The standard InChI is InChI=1S/C10H11NO.C9H8FNO2/c1-11-10(12)8-7-9-5-3-2-4-6-9;10-8(9(12)11-13)6-7-4-2-1-3-5-7/h2-8H,1H3,(H,11,12);1-6,13H,(H,11,12)/b8-7+;8-6-. The Kier molecular flexibility index (Phi) is 8.96. The van der Waals surface area contributed by atoms with E-state index in [2.05, 4.69) is 5.32 Å². The van der Waals surface area contributed by atoms with Crippen LogP contribution in [0.2, 0.25) is 0 Å². The number of hydrogen-bond donors (Lipinski definition) is 3.